The molecule has 0 aliphatic rings. The molecule has 0 saturated heterocycles. The third-order valence-corrected chi connectivity index (χ3v) is 3.89. The maximum absolute atomic E-state index is 12.3. The van der Waals surface area contributed by atoms with Crippen molar-refractivity contribution in [2.75, 3.05) is 0 Å². The standard InChI is InChI=1S/C17H19N5O3/c1-9(18)17-22-14(8-25-17)16(24)21-13(15(19)23)6-10-7-20-12-5-3-2-4-11(10)12/h2-5,7-9,13,20H,6,18H2,1H3,(H2,19,23)(H,21,24). The third-order valence-electron chi connectivity index (χ3n) is 3.89. The molecule has 130 valence electrons. The number of carbonyl (C=O) groups is 2. The summed E-state index contributed by atoms with van der Waals surface area (Å²) in [5, 5.41) is 3.57. The van der Waals surface area contributed by atoms with Crippen molar-refractivity contribution >= 4 is 22.7 Å². The first-order chi connectivity index (χ1) is 12.0. The molecule has 25 heavy (non-hydrogen) atoms. The Hall–Kier alpha value is -3.13. The minimum atomic E-state index is -0.873. The number of para-hydroxylation sites is 1. The van der Waals surface area contributed by atoms with Crippen LogP contribution in [0, 0.1) is 0 Å². The number of primary amides is 1. The molecule has 0 saturated carbocycles. The summed E-state index contributed by atoms with van der Waals surface area (Å²) in [6, 6.07) is 6.38. The van der Waals surface area contributed by atoms with E-state index in [1.165, 1.54) is 6.26 Å². The highest BCUT2D eigenvalue weighted by molar-refractivity contribution is 5.96. The second-order valence-corrected chi connectivity index (χ2v) is 5.85. The molecule has 2 amide bonds. The van der Waals surface area contributed by atoms with Crippen molar-refractivity contribution in [1.82, 2.24) is 15.3 Å². The van der Waals surface area contributed by atoms with Gasteiger partial charge in [-0.1, -0.05) is 18.2 Å². The van der Waals surface area contributed by atoms with Crippen LogP contribution in [0.3, 0.4) is 0 Å². The zero-order valence-corrected chi connectivity index (χ0v) is 13.7. The number of hydrogen-bond acceptors (Lipinski definition) is 5. The van der Waals surface area contributed by atoms with Gasteiger partial charge < -0.3 is 26.2 Å². The smallest absolute Gasteiger partial charge is 0.273 e. The highest BCUT2D eigenvalue weighted by Crippen LogP contribution is 2.19. The minimum Gasteiger partial charge on any atom is -0.446 e. The molecule has 3 rings (SSSR count). The van der Waals surface area contributed by atoms with Crippen LogP contribution in [0.2, 0.25) is 0 Å². The number of nitrogens with one attached hydrogen (secondary N) is 2. The van der Waals surface area contributed by atoms with Crippen molar-refractivity contribution in [3.63, 3.8) is 0 Å². The number of nitrogens with zero attached hydrogens (tertiary/aromatic N) is 1. The Morgan fingerprint density at radius 1 is 1.36 bits per heavy atom. The number of benzene rings is 1. The van der Waals surface area contributed by atoms with E-state index in [0.29, 0.717) is 0 Å². The number of oxazole rings is 1. The van der Waals surface area contributed by atoms with Crippen molar-refractivity contribution in [2.24, 2.45) is 11.5 Å². The molecule has 8 nitrogen and oxygen atoms in total. The first-order valence-corrected chi connectivity index (χ1v) is 7.82. The second kappa shape index (κ2) is 6.78. The fourth-order valence-electron chi connectivity index (χ4n) is 2.58. The van der Waals surface area contributed by atoms with E-state index in [0.717, 1.165) is 16.5 Å². The Morgan fingerprint density at radius 2 is 2.12 bits per heavy atom. The van der Waals surface area contributed by atoms with Gasteiger partial charge in [-0.2, -0.15) is 0 Å². The SMILES string of the molecule is CC(N)c1nc(C(=O)NC(Cc2c[nH]c3ccccc23)C(N)=O)co1. The summed E-state index contributed by atoms with van der Waals surface area (Å²) in [7, 11) is 0. The van der Waals surface area contributed by atoms with Crippen LogP contribution >= 0.6 is 0 Å². The molecular formula is C17H19N5O3. The van der Waals surface area contributed by atoms with Gasteiger partial charge in [-0.25, -0.2) is 4.98 Å². The average molecular weight is 341 g/mol. The number of aromatic nitrogens is 2. The predicted octanol–water partition coefficient (Wildman–Crippen LogP) is 1.00. The van der Waals surface area contributed by atoms with Crippen molar-refractivity contribution in [1.29, 1.82) is 0 Å². The van der Waals surface area contributed by atoms with Crippen LogP contribution in [0.25, 0.3) is 10.9 Å². The number of H-pyrrole nitrogens is 1. The van der Waals surface area contributed by atoms with E-state index >= 15 is 0 Å². The number of fused-ring (bicyclic) bond motifs is 1. The van der Waals surface area contributed by atoms with Crippen LogP contribution in [0.1, 0.15) is 34.9 Å². The van der Waals surface area contributed by atoms with E-state index in [1.54, 1.807) is 13.1 Å². The summed E-state index contributed by atoms with van der Waals surface area (Å²) in [6.45, 7) is 1.69. The molecule has 3 aromatic rings. The molecule has 2 atom stereocenters. The lowest BCUT2D eigenvalue weighted by atomic mass is 10.0. The Bertz CT molecular complexity index is 912. The topological polar surface area (TPSA) is 140 Å². The third kappa shape index (κ3) is 3.53. The monoisotopic (exact) mass is 341 g/mol. The van der Waals surface area contributed by atoms with E-state index in [1.807, 2.05) is 24.3 Å². The summed E-state index contributed by atoms with van der Waals surface area (Å²) < 4.78 is 5.13. The molecule has 0 radical (unpaired) electrons. The lowest BCUT2D eigenvalue weighted by molar-refractivity contribution is -0.119. The number of aromatic amines is 1. The molecular weight excluding hydrogens is 322 g/mol. The summed E-state index contributed by atoms with van der Waals surface area (Å²) in [5.74, 6) is -0.925. The molecule has 2 aromatic heterocycles. The lowest BCUT2D eigenvalue weighted by Gasteiger charge is -2.14. The maximum atomic E-state index is 12.3. The van der Waals surface area contributed by atoms with Gasteiger partial charge in [0, 0.05) is 23.5 Å². The molecule has 0 bridgehead atoms. The molecule has 0 aliphatic carbocycles. The van der Waals surface area contributed by atoms with Gasteiger partial charge in [-0.3, -0.25) is 9.59 Å². The van der Waals surface area contributed by atoms with E-state index in [2.05, 4.69) is 15.3 Å². The Balaban J connectivity index is 1.77. The van der Waals surface area contributed by atoms with Crippen molar-refractivity contribution in [3.05, 3.63) is 53.9 Å². The average Bonchev–Trinajstić information content (AvgIpc) is 3.21. The Morgan fingerprint density at radius 3 is 2.80 bits per heavy atom. The molecule has 8 heteroatoms. The predicted molar refractivity (Wildman–Crippen MR) is 91.6 cm³/mol. The van der Waals surface area contributed by atoms with Gasteiger partial charge >= 0.3 is 0 Å². The van der Waals surface area contributed by atoms with Crippen LogP contribution in [-0.2, 0) is 11.2 Å². The Labute approximate surface area is 143 Å². The van der Waals surface area contributed by atoms with Gasteiger partial charge in [0.15, 0.2) is 5.69 Å². The van der Waals surface area contributed by atoms with Gasteiger partial charge in [0.2, 0.25) is 11.8 Å². The number of nitrogens with two attached hydrogens (primary N) is 2. The molecule has 0 fully saturated rings. The molecule has 0 aliphatic heterocycles. The van der Waals surface area contributed by atoms with Crippen LogP contribution in [0.15, 0.2) is 41.1 Å². The number of rotatable bonds is 6. The second-order valence-electron chi connectivity index (χ2n) is 5.85. The highest BCUT2D eigenvalue weighted by atomic mass is 16.3. The van der Waals surface area contributed by atoms with Gasteiger partial charge in [0.05, 0.1) is 6.04 Å². The van der Waals surface area contributed by atoms with Crippen LogP contribution < -0.4 is 16.8 Å². The van der Waals surface area contributed by atoms with E-state index < -0.39 is 23.9 Å². The number of amides is 2. The summed E-state index contributed by atoms with van der Waals surface area (Å²) in [6.07, 6.45) is 3.28. The number of carbonyl (C=O) groups excluding carboxylic acids is 2. The molecule has 2 unspecified atom stereocenters. The van der Waals surface area contributed by atoms with E-state index in [4.69, 9.17) is 15.9 Å². The first kappa shape index (κ1) is 16.7. The van der Waals surface area contributed by atoms with Crippen molar-refractivity contribution in [3.8, 4) is 0 Å². The molecule has 6 N–H and O–H groups in total. The largest absolute Gasteiger partial charge is 0.446 e. The number of hydrogen-bond donors (Lipinski definition) is 4. The fraction of sp³-hybridized carbons (Fsp3) is 0.235. The summed E-state index contributed by atoms with van der Waals surface area (Å²) in [5.41, 5.74) is 13.0. The molecule has 1 aromatic carbocycles. The van der Waals surface area contributed by atoms with Crippen molar-refractivity contribution < 1.29 is 14.0 Å². The molecule has 0 spiro atoms. The van der Waals surface area contributed by atoms with Crippen LogP contribution in [-0.4, -0.2) is 27.8 Å². The Kier molecular flexibility index (Phi) is 4.53. The normalized spacial score (nSPS) is 13.5. The van der Waals surface area contributed by atoms with E-state index in [-0.39, 0.29) is 18.0 Å². The van der Waals surface area contributed by atoms with Crippen LogP contribution in [0.5, 0.6) is 0 Å². The van der Waals surface area contributed by atoms with Crippen LogP contribution in [0.4, 0.5) is 0 Å². The minimum absolute atomic E-state index is 0.0532. The summed E-state index contributed by atoms with van der Waals surface area (Å²) in [4.78, 5) is 31.2. The van der Waals surface area contributed by atoms with E-state index in [9.17, 15) is 9.59 Å². The first-order valence-electron chi connectivity index (χ1n) is 7.82. The maximum Gasteiger partial charge on any atom is 0.273 e. The zero-order chi connectivity index (χ0) is 18.0. The van der Waals surface area contributed by atoms with Gasteiger partial charge in [0.1, 0.15) is 12.3 Å². The quantitative estimate of drug-likeness (QED) is 0.529. The van der Waals surface area contributed by atoms with Gasteiger partial charge in [0.25, 0.3) is 5.91 Å². The van der Waals surface area contributed by atoms with Gasteiger partial charge in [-0.05, 0) is 18.6 Å². The van der Waals surface area contributed by atoms with Gasteiger partial charge in [-0.15, -0.1) is 0 Å². The van der Waals surface area contributed by atoms with Crippen molar-refractivity contribution in [2.45, 2.75) is 25.4 Å². The highest BCUT2D eigenvalue weighted by Gasteiger charge is 2.23. The lowest BCUT2D eigenvalue weighted by Crippen LogP contribution is -2.46. The fourth-order valence-corrected chi connectivity index (χ4v) is 2.58. The molecule has 2 heterocycles. The summed E-state index contributed by atoms with van der Waals surface area (Å²) >= 11 is 0. The zero-order valence-electron chi connectivity index (χ0n) is 13.7.